The fourth-order valence-electron chi connectivity index (χ4n) is 1.34. The molecule has 0 saturated heterocycles. The molecule has 0 spiro atoms. The van der Waals surface area contributed by atoms with Gasteiger partial charge in [-0.15, -0.1) is 0 Å². The number of nitrogens with zero attached hydrogens (tertiary/aromatic N) is 1. The Bertz CT molecular complexity index is 443. The van der Waals surface area contributed by atoms with Gasteiger partial charge in [0.25, 0.3) is 5.91 Å². The molecule has 1 aromatic rings. The Morgan fingerprint density at radius 1 is 1.29 bits per heavy atom. The molecule has 0 bridgehead atoms. The van der Waals surface area contributed by atoms with Crippen molar-refractivity contribution in [3.63, 3.8) is 0 Å². The first-order chi connectivity index (χ1) is 8.08. The standard InChI is InChI=1S/C11H12ClN3O2/c12-8-3-1-7(2-4-8)10(16)15(11(13)17)14-9-5-6-9/h1-4,9,14H,5-6H2,(H2,13,17). The van der Waals surface area contributed by atoms with Gasteiger partial charge in [0.2, 0.25) is 0 Å². The van der Waals surface area contributed by atoms with Gasteiger partial charge in [-0.25, -0.2) is 10.2 Å². The summed E-state index contributed by atoms with van der Waals surface area (Å²) in [5.41, 5.74) is 8.30. The van der Waals surface area contributed by atoms with Crippen LogP contribution in [0.25, 0.3) is 0 Å². The molecule has 0 radical (unpaired) electrons. The van der Waals surface area contributed by atoms with Crippen LogP contribution in [0.3, 0.4) is 0 Å². The molecule has 3 N–H and O–H groups in total. The third-order valence-corrected chi connectivity index (χ3v) is 2.66. The van der Waals surface area contributed by atoms with Gasteiger partial charge in [-0.05, 0) is 37.1 Å². The Morgan fingerprint density at radius 3 is 2.35 bits per heavy atom. The Morgan fingerprint density at radius 2 is 1.88 bits per heavy atom. The first-order valence-corrected chi connectivity index (χ1v) is 5.61. The second kappa shape index (κ2) is 4.73. The van der Waals surface area contributed by atoms with Crippen molar-refractivity contribution >= 4 is 23.5 Å². The summed E-state index contributed by atoms with van der Waals surface area (Å²) in [4.78, 5) is 23.2. The number of imide groups is 1. The minimum Gasteiger partial charge on any atom is -0.350 e. The summed E-state index contributed by atoms with van der Waals surface area (Å²) in [6.07, 6.45) is 1.88. The zero-order valence-electron chi connectivity index (χ0n) is 9.02. The molecule has 1 fully saturated rings. The summed E-state index contributed by atoms with van der Waals surface area (Å²) in [5, 5.41) is 1.38. The summed E-state index contributed by atoms with van der Waals surface area (Å²) in [6.45, 7) is 0. The molecule has 0 aliphatic heterocycles. The molecule has 0 heterocycles. The number of primary amides is 1. The van der Waals surface area contributed by atoms with Crippen molar-refractivity contribution < 1.29 is 9.59 Å². The minimum atomic E-state index is -0.808. The van der Waals surface area contributed by atoms with Gasteiger partial charge in [-0.3, -0.25) is 4.79 Å². The lowest BCUT2D eigenvalue weighted by atomic mass is 10.2. The van der Waals surface area contributed by atoms with Crippen molar-refractivity contribution in [1.82, 2.24) is 10.4 Å². The second-order valence-electron chi connectivity index (χ2n) is 3.89. The number of halogens is 1. The SMILES string of the molecule is NC(=O)N(NC1CC1)C(=O)c1ccc(Cl)cc1. The van der Waals surface area contributed by atoms with Crippen molar-refractivity contribution in [3.05, 3.63) is 34.9 Å². The van der Waals surface area contributed by atoms with Gasteiger partial charge >= 0.3 is 6.03 Å². The molecule has 6 heteroatoms. The lowest BCUT2D eigenvalue weighted by Crippen LogP contribution is -2.50. The first kappa shape index (κ1) is 11.9. The van der Waals surface area contributed by atoms with E-state index in [2.05, 4.69) is 5.43 Å². The van der Waals surface area contributed by atoms with Crippen LogP contribution in [0.2, 0.25) is 5.02 Å². The van der Waals surface area contributed by atoms with Crippen molar-refractivity contribution in [2.75, 3.05) is 0 Å². The summed E-state index contributed by atoms with van der Waals surface area (Å²) in [5.74, 6) is -0.471. The van der Waals surface area contributed by atoms with Crippen molar-refractivity contribution in [3.8, 4) is 0 Å². The Kier molecular flexibility index (Phi) is 3.31. The number of urea groups is 1. The maximum atomic E-state index is 12.0. The van der Waals surface area contributed by atoms with E-state index in [1.807, 2.05) is 0 Å². The monoisotopic (exact) mass is 253 g/mol. The predicted octanol–water partition coefficient (Wildman–Crippen LogP) is 1.53. The number of hydrazine groups is 1. The molecule has 1 aliphatic carbocycles. The van der Waals surface area contributed by atoms with E-state index >= 15 is 0 Å². The van der Waals surface area contributed by atoms with Crippen LogP contribution in [-0.2, 0) is 0 Å². The van der Waals surface area contributed by atoms with Crippen molar-refractivity contribution in [1.29, 1.82) is 0 Å². The summed E-state index contributed by atoms with van der Waals surface area (Å²) >= 11 is 5.72. The Balaban J connectivity index is 2.14. The molecule has 0 aromatic heterocycles. The number of benzene rings is 1. The topological polar surface area (TPSA) is 75.4 Å². The molecule has 1 saturated carbocycles. The molecule has 0 atom stereocenters. The number of hydrogen-bond donors (Lipinski definition) is 2. The van der Waals surface area contributed by atoms with Gasteiger partial charge in [0.05, 0.1) is 0 Å². The minimum absolute atomic E-state index is 0.166. The van der Waals surface area contributed by atoms with Crippen LogP contribution < -0.4 is 11.2 Å². The van der Waals surface area contributed by atoms with E-state index in [1.54, 1.807) is 24.3 Å². The van der Waals surface area contributed by atoms with Crippen LogP contribution in [0, 0.1) is 0 Å². The third-order valence-electron chi connectivity index (χ3n) is 2.40. The number of hydrogen-bond acceptors (Lipinski definition) is 3. The second-order valence-corrected chi connectivity index (χ2v) is 4.33. The highest BCUT2D eigenvalue weighted by molar-refractivity contribution is 6.30. The quantitative estimate of drug-likeness (QED) is 0.802. The van der Waals surface area contributed by atoms with Crippen LogP contribution in [-0.4, -0.2) is 23.0 Å². The molecule has 0 unspecified atom stereocenters. The zero-order chi connectivity index (χ0) is 12.4. The molecular formula is C11H12ClN3O2. The maximum Gasteiger partial charge on any atom is 0.336 e. The summed E-state index contributed by atoms with van der Waals surface area (Å²) in [6, 6.07) is 5.64. The number of carbonyl (C=O) groups excluding carboxylic acids is 2. The lowest BCUT2D eigenvalue weighted by Gasteiger charge is -2.19. The Labute approximate surface area is 103 Å². The fourth-order valence-corrected chi connectivity index (χ4v) is 1.46. The third kappa shape index (κ3) is 2.95. The highest BCUT2D eigenvalue weighted by atomic mass is 35.5. The number of nitrogens with two attached hydrogens (primary N) is 1. The molecule has 3 amide bonds. The normalized spacial score (nSPS) is 14.4. The zero-order valence-corrected chi connectivity index (χ0v) is 9.78. The maximum absolute atomic E-state index is 12.0. The van der Waals surface area contributed by atoms with Crippen LogP contribution in [0.4, 0.5) is 4.79 Å². The van der Waals surface area contributed by atoms with E-state index in [9.17, 15) is 9.59 Å². The molecule has 90 valence electrons. The van der Waals surface area contributed by atoms with E-state index in [0.29, 0.717) is 10.6 Å². The number of rotatable bonds is 3. The number of nitrogens with one attached hydrogen (secondary N) is 1. The molecule has 17 heavy (non-hydrogen) atoms. The van der Waals surface area contributed by atoms with E-state index in [-0.39, 0.29) is 6.04 Å². The van der Waals surface area contributed by atoms with E-state index < -0.39 is 11.9 Å². The van der Waals surface area contributed by atoms with Gasteiger partial charge in [0.1, 0.15) is 0 Å². The first-order valence-electron chi connectivity index (χ1n) is 5.23. The lowest BCUT2D eigenvalue weighted by molar-refractivity contribution is 0.0732. The van der Waals surface area contributed by atoms with Gasteiger partial charge in [0, 0.05) is 16.6 Å². The molecule has 1 aromatic carbocycles. The van der Waals surface area contributed by atoms with Gasteiger partial charge < -0.3 is 5.73 Å². The average Bonchev–Trinajstić information content (AvgIpc) is 3.09. The van der Waals surface area contributed by atoms with E-state index in [1.165, 1.54) is 0 Å². The number of carbonyl (C=O) groups is 2. The van der Waals surface area contributed by atoms with E-state index in [0.717, 1.165) is 17.9 Å². The fraction of sp³-hybridized carbons (Fsp3) is 0.273. The summed E-state index contributed by atoms with van der Waals surface area (Å²) in [7, 11) is 0. The highest BCUT2D eigenvalue weighted by Gasteiger charge is 2.29. The number of amides is 3. The van der Waals surface area contributed by atoms with Crippen molar-refractivity contribution in [2.45, 2.75) is 18.9 Å². The summed E-state index contributed by atoms with van der Waals surface area (Å²) < 4.78 is 0. The Hall–Kier alpha value is -1.59. The molecular weight excluding hydrogens is 242 g/mol. The molecule has 5 nitrogen and oxygen atoms in total. The van der Waals surface area contributed by atoms with Crippen LogP contribution >= 0.6 is 11.6 Å². The van der Waals surface area contributed by atoms with Crippen molar-refractivity contribution in [2.24, 2.45) is 5.73 Å². The smallest absolute Gasteiger partial charge is 0.336 e. The highest BCUT2D eigenvalue weighted by Crippen LogP contribution is 2.20. The van der Waals surface area contributed by atoms with Gasteiger partial charge in [-0.1, -0.05) is 11.6 Å². The average molecular weight is 254 g/mol. The van der Waals surface area contributed by atoms with Gasteiger partial charge in [-0.2, -0.15) is 5.01 Å². The van der Waals surface area contributed by atoms with Crippen LogP contribution in [0.5, 0.6) is 0 Å². The van der Waals surface area contributed by atoms with Gasteiger partial charge in [0.15, 0.2) is 0 Å². The predicted molar refractivity (Wildman–Crippen MR) is 63.4 cm³/mol. The largest absolute Gasteiger partial charge is 0.350 e. The van der Waals surface area contributed by atoms with E-state index in [4.69, 9.17) is 17.3 Å². The van der Waals surface area contributed by atoms with Crippen LogP contribution in [0.15, 0.2) is 24.3 Å². The van der Waals surface area contributed by atoms with Crippen LogP contribution in [0.1, 0.15) is 23.2 Å². The molecule has 1 aliphatic rings. The molecule has 2 rings (SSSR count).